The molecule has 2 heterocycles. The fourth-order valence-corrected chi connectivity index (χ4v) is 1.40. The number of hydrogen-bond acceptors (Lipinski definition) is 4. The van der Waals surface area contributed by atoms with Crippen LogP contribution in [0.4, 0.5) is 5.82 Å². The molecule has 2 rings (SSSR count). The Bertz CT molecular complexity index is 463. The third-order valence-corrected chi connectivity index (χ3v) is 2.23. The van der Waals surface area contributed by atoms with E-state index >= 15 is 0 Å². The first kappa shape index (κ1) is 10.6. The molecule has 2 aromatic rings. The van der Waals surface area contributed by atoms with Gasteiger partial charge in [0.2, 0.25) is 0 Å². The van der Waals surface area contributed by atoms with Crippen LogP contribution < -0.4 is 5.32 Å². The van der Waals surface area contributed by atoms with Crippen molar-refractivity contribution in [3.63, 3.8) is 0 Å². The number of nitrogens with one attached hydrogen (secondary N) is 1. The zero-order chi connectivity index (χ0) is 11.4. The van der Waals surface area contributed by atoms with Crippen molar-refractivity contribution in [1.82, 2.24) is 19.5 Å². The van der Waals surface area contributed by atoms with E-state index in [1.165, 1.54) is 0 Å². The molecule has 0 bridgehead atoms. The van der Waals surface area contributed by atoms with Gasteiger partial charge in [0.25, 0.3) is 0 Å². The van der Waals surface area contributed by atoms with Gasteiger partial charge >= 0.3 is 0 Å². The predicted octanol–water partition coefficient (Wildman–Crippen LogP) is 1.70. The zero-order valence-corrected chi connectivity index (χ0v) is 9.51. The van der Waals surface area contributed by atoms with Crippen LogP contribution in [0.1, 0.15) is 13.3 Å². The maximum atomic E-state index is 4.41. The SMILES string of the molecule is CCCNc1ccnc(-c2nccn2C)n1. The van der Waals surface area contributed by atoms with E-state index in [1.807, 2.05) is 23.9 Å². The lowest BCUT2D eigenvalue weighted by molar-refractivity contribution is 0.903. The van der Waals surface area contributed by atoms with Crippen molar-refractivity contribution in [3.05, 3.63) is 24.7 Å². The monoisotopic (exact) mass is 217 g/mol. The van der Waals surface area contributed by atoms with E-state index in [0.717, 1.165) is 24.6 Å². The summed E-state index contributed by atoms with van der Waals surface area (Å²) in [7, 11) is 1.93. The smallest absolute Gasteiger partial charge is 0.197 e. The van der Waals surface area contributed by atoms with Crippen molar-refractivity contribution >= 4 is 5.82 Å². The molecule has 5 nitrogen and oxygen atoms in total. The summed E-state index contributed by atoms with van der Waals surface area (Å²) < 4.78 is 1.90. The molecule has 84 valence electrons. The topological polar surface area (TPSA) is 55.6 Å². The fourth-order valence-electron chi connectivity index (χ4n) is 1.40. The van der Waals surface area contributed by atoms with Crippen molar-refractivity contribution in [2.75, 3.05) is 11.9 Å². The lowest BCUT2D eigenvalue weighted by atomic mass is 10.4. The van der Waals surface area contributed by atoms with Crippen molar-refractivity contribution in [2.24, 2.45) is 7.05 Å². The van der Waals surface area contributed by atoms with Gasteiger partial charge in [-0.15, -0.1) is 0 Å². The van der Waals surface area contributed by atoms with E-state index < -0.39 is 0 Å². The Hall–Kier alpha value is -1.91. The third-order valence-electron chi connectivity index (χ3n) is 2.23. The van der Waals surface area contributed by atoms with Crippen LogP contribution in [0, 0.1) is 0 Å². The molecule has 0 atom stereocenters. The molecule has 0 saturated heterocycles. The summed E-state index contributed by atoms with van der Waals surface area (Å²) in [4.78, 5) is 12.8. The minimum atomic E-state index is 0.647. The van der Waals surface area contributed by atoms with Gasteiger partial charge in [-0.05, 0) is 12.5 Å². The van der Waals surface area contributed by atoms with E-state index in [2.05, 4.69) is 27.2 Å². The van der Waals surface area contributed by atoms with E-state index in [-0.39, 0.29) is 0 Å². The fraction of sp³-hybridized carbons (Fsp3) is 0.364. The highest BCUT2D eigenvalue weighted by Gasteiger charge is 2.06. The molecule has 0 aliphatic heterocycles. The normalized spacial score (nSPS) is 10.4. The molecule has 2 aromatic heterocycles. The summed E-state index contributed by atoms with van der Waals surface area (Å²) in [5.74, 6) is 2.27. The molecule has 5 heteroatoms. The molecule has 0 aliphatic rings. The number of aryl methyl sites for hydroxylation is 1. The molecule has 0 aliphatic carbocycles. The lowest BCUT2D eigenvalue weighted by Crippen LogP contribution is -2.04. The highest BCUT2D eigenvalue weighted by atomic mass is 15.1. The molecule has 1 N–H and O–H groups in total. The van der Waals surface area contributed by atoms with Crippen LogP contribution in [0.2, 0.25) is 0 Å². The Morgan fingerprint density at radius 2 is 2.19 bits per heavy atom. The van der Waals surface area contributed by atoms with Gasteiger partial charge in [-0.1, -0.05) is 6.92 Å². The average Bonchev–Trinajstić information content (AvgIpc) is 2.73. The maximum absolute atomic E-state index is 4.41. The summed E-state index contributed by atoms with van der Waals surface area (Å²) in [6, 6.07) is 1.86. The van der Waals surface area contributed by atoms with Crippen LogP contribution in [-0.4, -0.2) is 26.1 Å². The quantitative estimate of drug-likeness (QED) is 0.846. The number of anilines is 1. The third kappa shape index (κ3) is 2.18. The minimum Gasteiger partial charge on any atom is -0.370 e. The van der Waals surface area contributed by atoms with Gasteiger partial charge in [0, 0.05) is 32.2 Å². The van der Waals surface area contributed by atoms with E-state index in [0.29, 0.717) is 5.82 Å². The van der Waals surface area contributed by atoms with E-state index in [1.54, 1.807) is 12.4 Å². The van der Waals surface area contributed by atoms with Gasteiger partial charge in [-0.2, -0.15) is 0 Å². The maximum Gasteiger partial charge on any atom is 0.197 e. The van der Waals surface area contributed by atoms with Crippen molar-refractivity contribution in [3.8, 4) is 11.6 Å². The molecular formula is C11H15N5. The van der Waals surface area contributed by atoms with Gasteiger partial charge < -0.3 is 9.88 Å². The molecule has 0 unspecified atom stereocenters. The molecule has 0 amide bonds. The van der Waals surface area contributed by atoms with Crippen LogP contribution >= 0.6 is 0 Å². The predicted molar refractivity (Wildman–Crippen MR) is 63.0 cm³/mol. The van der Waals surface area contributed by atoms with Gasteiger partial charge in [-0.25, -0.2) is 15.0 Å². The minimum absolute atomic E-state index is 0.647. The second-order valence-corrected chi connectivity index (χ2v) is 3.55. The van der Waals surface area contributed by atoms with Crippen molar-refractivity contribution < 1.29 is 0 Å². The Morgan fingerprint density at radius 1 is 1.31 bits per heavy atom. The molecule has 0 spiro atoms. The second kappa shape index (κ2) is 4.74. The molecule has 0 aromatic carbocycles. The number of nitrogens with zero attached hydrogens (tertiary/aromatic N) is 4. The average molecular weight is 217 g/mol. The summed E-state index contributed by atoms with van der Waals surface area (Å²) in [5, 5.41) is 3.23. The number of aromatic nitrogens is 4. The first-order valence-corrected chi connectivity index (χ1v) is 5.36. The van der Waals surface area contributed by atoms with Crippen molar-refractivity contribution in [1.29, 1.82) is 0 Å². The Balaban J connectivity index is 2.26. The Labute approximate surface area is 94.6 Å². The van der Waals surface area contributed by atoms with Gasteiger partial charge in [0.1, 0.15) is 5.82 Å². The number of imidazole rings is 1. The van der Waals surface area contributed by atoms with Crippen molar-refractivity contribution in [2.45, 2.75) is 13.3 Å². The van der Waals surface area contributed by atoms with Crippen LogP contribution in [0.3, 0.4) is 0 Å². The lowest BCUT2D eigenvalue weighted by Gasteiger charge is -2.05. The Morgan fingerprint density at radius 3 is 2.88 bits per heavy atom. The summed E-state index contributed by atoms with van der Waals surface area (Å²) in [6.45, 7) is 3.03. The summed E-state index contributed by atoms with van der Waals surface area (Å²) >= 11 is 0. The van der Waals surface area contributed by atoms with Gasteiger partial charge in [0.05, 0.1) is 0 Å². The highest BCUT2D eigenvalue weighted by Crippen LogP contribution is 2.12. The molecule has 16 heavy (non-hydrogen) atoms. The van der Waals surface area contributed by atoms with Crippen LogP contribution in [0.5, 0.6) is 0 Å². The number of hydrogen-bond donors (Lipinski definition) is 1. The largest absolute Gasteiger partial charge is 0.370 e. The van der Waals surface area contributed by atoms with Crippen LogP contribution in [0.15, 0.2) is 24.7 Å². The summed E-state index contributed by atoms with van der Waals surface area (Å²) in [6.07, 6.45) is 6.44. The number of rotatable bonds is 4. The van der Waals surface area contributed by atoms with E-state index in [4.69, 9.17) is 0 Å². The van der Waals surface area contributed by atoms with Crippen LogP contribution in [0.25, 0.3) is 11.6 Å². The summed E-state index contributed by atoms with van der Waals surface area (Å²) in [5.41, 5.74) is 0. The van der Waals surface area contributed by atoms with Gasteiger partial charge in [0.15, 0.2) is 11.6 Å². The van der Waals surface area contributed by atoms with E-state index in [9.17, 15) is 0 Å². The molecule has 0 fully saturated rings. The first-order valence-electron chi connectivity index (χ1n) is 5.36. The highest BCUT2D eigenvalue weighted by molar-refractivity contribution is 5.48. The second-order valence-electron chi connectivity index (χ2n) is 3.55. The zero-order valence-electron chi connectivity index (χ0n) is 9.51. The molecule has 0 radical (unpaired) electrons. The standard InChI is InChI=1S/C11H15N5/c1-3-5-12-9-4-6-13-10(15-9)11-14-7-8-16(11)2/h4,6-8H,3,5H2,1-2H3,(H,12,13,15). The first-order chi connectivity index (χ1) is 7.81. The molecular weight excluding hydrogens is 202 g/mol. The van der Waals surface area contributed by atoms with Gasteiger partial charge in [-0.3, -0.25) is 0 Å². The Kier molecular flexibility index (Phi) is 3.14. The molecule has 0 saturated carbocycles. The van der Waals surface area contributed by atoms with Crippen LogP contribution in [-0.2, 0) is 7.05 Å².